The SMILES string of the molecule is CN(Cc1ccc(Cl)nc1Cl)CC1(O)CCOCC1. The van der Waals surface area contributed by atoms with Gasteiger partial charge >= 0.3 is 0 Å². The van der Waals surface area contributed by atoms with Crippen LogP contribution in [-0.2, 0) is 11.3 Å². The molecule has 1 aromatic rings. The molecule has 19 heavy (non-hydrogen) atoms. The zero-order valence-electron chi connectivity index (χ0n) is 10.9. The lowest BCUT2D eigenvalue weighted by molar-refractivity contribution is -0.0777. The minimum Gasteiger partial charge on any atom is -0.388 e. The van der Waals surface area contributed by atoms with Crippen molar-refractivity contribution in [2.75, 3.05) is 26.8 Å². The number of halogens is 2. The van der Waals surface area contributed by atoms with E-state index in [1.54, 1.807) is 6.07 Å². The first kappa shape index (κ1) is 15.0. The predicted octanol–water partition coefficient (Wildman–Crippen LogP) is 2.36. The molecule has 1 aromatic heterocycles. The normalized spacial score (nSPS) is 18.8. The van der Waals surface area contributed by atoms with Crippen molar-refractivity contribution in [2.24, 2.45) is 0 Å². The molecule has 4 nitrogen and oxygen atoms in total. The highest BCUT2D eigenvalue weighted by Crippen LogP contribution is 2.23. The molecule has 1 N–H and O–H groups in total. The number of ether oxygens (including phenoxy) is 1. The summed E-state index contributed by atoms with van der Waals surface area (Å²) in [6.45, 7) is 2.46. The second kappa shape index (κ2) is 6.37. The lowest BCUT2D eigenvalue weighted by Gasteiger charge is -2.35. The molecule has 0 aromatic carbocycles. The summed E-state index contributed by atoms with van der Waals surface area (Å²) in [7, 11) is 1.96. The lowest BCUT2D eigenvalue weighted by atomic mass is 9.94. The predicted molar refractivity (Wildman–Crippen MR) is 75.6 cm³/mol. The van der Waals surface area contributed by atoms with E-state index in [9.17, 15) is 5.11 Å². The molecule has 0 radical (unpaired) electrons. The minimum atomic E-state index is -0.667. The summed E-state index contributed by atoms with van der Waals surface area (Å²) in [6, 6.07) is 3.59. The zero-order chi connectivity index (χ0) is 13.9. The summed E-state index contributed by atoms with van der Waals surface area (Å²) in [4.78, 5) is 6.06. The van der Waals surface area contributed by atoms with Crippen molar-refractivity contribution in [1.29, 1.82) is 0 Å². The van der Waals surface area contributed by atoms with Crippen LogP contribution in [0.4, 0.5) is 0 Å². The quantitative estimate of drug-likeness (QED) is 0.868. The lowest BCUT2D eigenvalue weighted by Crippen LogP contribution is -2.45. The first-order valence-corrected chi connectivity index (χ1v) is 7.04. The first-order chi connectivity index (χ1) is 8.98. The summed E-state index contributed by atoms with van der Waals surface area (Å²) in [5.74, 6) is 0. The number of nitrogens with zero attached hydrogens (tertiary/aromatic N) is 2. The van der Waals surface area contributed by atoms with Crippen LogP contribution < -0.4 is 0 Å². The van der Waals surface area contributed by atoms with Gasteiger partial charge in [0.05, 0.1) is 5.60 Å². The van der Waals surface area contributed by atoms with Gasteiger partial charge in [-0.1, -0.05) is 29.3 Å². The average molecular weight is 305 g/mol. The fourth-order valence-electron chi connectivity index (χ4n) is 2.32. The van der Waals surface area contributed by atoms with Gasteiger partial charge in [0.2, 0.25) is 0 Å². The van der Waals surface area contributed by atoms with E-state index in [4.69, 9.17) is 27.9 Å². The monoisotopic (exact) mass is 304 g/mol. The first-order valence-electron chi connectivity index (χ1n) is 6.28. The highest BCUT2D eigenvalue weighted by Gasteiger charge is 2.31. The van der Waals surface area contributed by atoms with E-state index in [0.717, 1.165) is 5.56 Å². The van der Waals surface area contributed by atoms with Crippen molar-refractivity contribution in [2.45, 2.75) is 25.0 Å². The third-order valence-corrected chi connectivity index (χ3v) is 3.86. The third kappa shape index (κ3) is 4.29. The minimum absolute atomic E-state index is 0.388. The molecule has 0 saturated carbocycles. The molecule has 0 unspecified atom stereocenters. The molecule has 0 amide bonds. The van der Waals surface area contributed by atoms with Gasteiger partial charge in [-0.15, -0.1) is 0 Å². The summed E-state index contributed by atoms with van der Waals surface area (Å²) in [5, 5.41) is 11.2. The van der Waals surface area contributed by atoms with Crippen molar-refractivity contribution < 1.29 is 9.84 Å². The van der Waals surface area contributed by atoms with Crippen LogP contribution in [0.3, 0.4) is 0 Å². The Hall–Kier alpha value is -0.390. The van der Waals surface area contributed by atoms with Gasteiger partial charge < -0.3 is 9.84 Å². The molecule has 0 spiro atoms. The van der Waals surface area contributed by atoms with E-state index < -0.39 is 5.60 Å². The number of hydrogen-bond acceptors (Lipinski definition) is 4. The molecule has 1 fully saturated rings. The number of pyridine rings is 1. The van der Waals surface area contributed by atoms with Crippen molar-refractivity contribution in [3.05, 3.63) is 28.0 Å². The number of rotatable bonds is 4. The summed E-state index contributed by atoms with van der Waals surface area (Å²) < 4.78 is 5.27. The van der Waals surface area contributed by atoms with Crippen molar-refractivity contribution in [1.82, 2.24) is 9.88 Å². The van der Waals surface area contributed by atoms with Crippen LogP contribution in [0.5, 0.6) is 0 Å². The molecule has 1 aliphatic heterocycles. The largest absolute Gasteiger partial charge is 0.388 e. The zero-order valence-corrected chi connectivity index (χ0v) is 12.4. The van der Waals surface area contributed by atoms with Gasteiger partial charge in [-0.2, -0.15) is 0 Å². The molecule has 2 rings (SSSR count). The average Bonchev–Trinajstić information content (AvgIpc) is 2.33. The van der Waals surface area contributed by atoms with E-state index in [2.05, 4.69) is 4.98 Å². The van der Waals surface area contributed by atoms with Crippen LogP contribution in [0.25, 0.3) is 0 Å². The van der Waals surface area contributed by atoms with Crippen molar-refractivity contribution in [3.8, 4) is 0 Å². The maximum Gasteiger partial charge on any atom is 0.135 e. The van der Waals surface area contributed by atoms with Gasteiger partial charge in [0.15, 0.2) is 0 Å². The van der Waals surface area contributed by atoms with Gasteiger partial charge in [0, 0.05) is 44.7 Å². The molecule has 2 heterocycles. The number of aromatic nitrogens is 1. The fourth-order valence-corrected chi connectivity index (χ4v) is 2.72. The molecule has 0 atom stereocenters. The van der Waals surface area contributed by atoms with Gasteiger partial charge in [-0.3, -0.25) is 4.90 Å². The van der Waals surface area contributed by atoms with E-state index in [-0.39, 0.29) is 0 Å². The second-order valence-corrected chi connectivity index (χ2v) is 5.84. The Morgan fingerprint density at radius 3 is 2.68 bits per heavy atom. The number of hydrogen-bond donors (Lipinski definition) is 1. The summed E-state index contributed by atoms with van der Waals surface area (Å²) >= 11 is 11.8. The van der Waals surface area contributed by atoms with Crippen molar-refractivity contribution in [3.63, 3.8) is 0 Å². The highest BCUT2D eigenvalue weighted by atomic mass is 35.5. The fraction of sp³-hybridized carbons (Fsp3) is 0.615. The molecule has 1 aliphatic rings. The van der Waals surface area contributed by atoms with Gasteiger partial charge in [0.1, 0.15) is 10.3 Å². The van der Waals surface area contributed by atoms with Gasteiger partial charge in [-0.25, -0.2) is 4.98 Å². The smallest absolute Gasteiger partial charge is 0.135 e. The maximum atomic E-state index is 10.4. The molecule has 106 valence electrons. The Bertz CT molecular complexity index is 437. The third-order valence-electron chi connectivity index (χ3n) is 3.32. The molecule has 0 bridgehead atoms. The number of aliphatic hydroxyl groups is 1. The topological polar surface area (TPSA) is 45.6 Å². The van der Waals surface area contributed by atoms with Gasteiger partial charge in [0.25, 0.3) is 0 Å². The number of likely N-dealkylation sites (N-methyl/N-ethyl adjacent to an activating group) is 1. The Labute approximate surface area is 123 Å². The van der Waals surface area contributed by atoms with Crippen LogP contribution in [0, 0.1) is 0 Å². The Morgan fingerprint density at radius 1 is 1.37 bits per heavy atom. The molecule has 0 aliphatic carbocycles. The maximum absolute atomic E-state index is 10.4. The van der Waals surface area contributed by atoms with Crippen LogP contribution in [0.2, 0.25) is 10.3 Å². The van der Waals surface area contributed by atoms with Crippen LogP contribution in [0.15, 0.2) is 12.1 Å². The Kier molecular flexibility index (Phi) is 5.03. The van der Waals surface area contributed by atoms with E-state index in [1.165, 1.54) is 0 Å². The van der Waals surface area contributed by atoms with Crippen LogP contribution in [0.1, 0.15) is 18.4 Å². The Balaban J connectivity index is 1.95. The van der Waals surface area contributed by atoms with E-state index in [0.29, 0.717) is 49.5 Å². The summed E-state index contributed by atoms with van der Waals surface area (Å²) in [6.07, 6.45) is 1.34. The second-order valence-electron chi connectivity index (χ2n) is 5.09. The standard InChI is InChI=1S/C13H18Cl2N2O2/c1-17(9-13(18)4-6-19-7-5-13)8-10-2-3-11(14)16-12(10)15/h2-3,18H,4-9H2,1H3. The van der Waals surface area contributed by atoms with E-state index >= 15 is 0 Å². The molecular weight excluding hydrogens is 287 g/mol. The molecule has 1 saturated heterocycles. The summed E-state index contributed by atoms with van der Waals surface area (Å²) in [5.41, 5.74) is 0.239. The van der Waals surface area contributed by atoms with Crippen LogP contribution in [-0.4, -0.2) is 47.4 Å². The molecule has 6 heteroatoms. The molecular formula is C13H18Cl2N2O2. The van der Waals surface area contributed by atoms with Gasteiger partial charge in [-0.05, 0) is 13.1 Å². The Morgan fingerprint density at radius 2 is 2.05 bits per heavy atom. The van der Waals surface area contributed by atoms with E-state index in [1.807, 2.05) is 18.0 Å². The highest BCUT2D eigenvalue weighted by molar-refractivity contribution is 6.32. The van der Waals surface area contributed by atoms with Crippen LogP contribution >= 0.6 is 23.2 Å². The van der Waals surface area contributed by atoms with Crippen molar-refractivity contribution >= 4 is 23.2 Å².